The molecule has 158 valence electrons. The number of hydrogen-bond donors (Lipinski definition) is 0. The van der Waals surface area contributed by atoms with E-state index in [9.17, 15) is 9.18 Å². The van der Waals surface area contributed by atoms with Gasteiger partial charge in [0.1, 0.15) is 11.9 Å². The smallest absolute Gasteiger partial charge is 0.410 e. The molecule has 5 rings (SSSR count). The number of piperidine rings is 1. The molecule has 0 aliphatic carbocycles. The molecule has 0 radical (unpaired) electrons. The van der Waals surface area contributed by atoms with Gasteiger partial charge in [0, 0.05) is 31.5 Å². The molecule has 2 bridgehead atoms. The standard InChI is InChI=1S/C24H27FN2O3/c1-26-19-12-21(13-20(26)15-29-14-19)30-24(28)27-11-10-16-4-2-3-5-22(16)23(27)17-6-8-18(25)9-7-17/h2-9,19-21,23H,10-15H2,1H3/t19-,20?,21?,23+/m1/s1. The highest BCUT2D eigenvalue weighted by atomic mass is 19.1. The number of halogens is 1. The second-order valence-electron chi connectivity index (χ2n) is 8.58. The Morgan fingerprint density at radius 2 is 1.77 bits per heavy atom. The number of ether oxygens (including phenoxy) is 2. The summed E-state index contributed by atoms with van der Waals surface area (Å²) >= 11 is 0. The third-order valence-corrected chi connectivity index (χ3v) is 6.81. The van der Waals surface area contributed by atoms with Crippen molar-refractivity contribution in [3.05, 3.63) is 71.0 Å². The van der Waals surface area contributed by atoms with Crippen molar-refractivity contribution in [3.63, 3.8) is 0 Å². The lowest BCUT2D eigenvalue weighted by atomic mass is 9.88. The molecular formula is C24H27FN2O3. The number of morpholine rings is 1. The van der Waals surface area contributed by atoms with Crippen LogP contribution >= 0.6 is 0 Å². The van der Waals surface area contributed by atoms with Gasteiger partial charge < -0.3 is 9.47 Å². The van der Waals surface area contributed by atoms with Gasteiger partial charge in [-0.05, 0) is 42.3 Å². The van der Waals surface area contributed by atoms with Crippen molar-refractivity contribution in [2.45, 2.75) is 43.5 Å². The maximum Gasteiger partial charge on any atom is 0.410 e. The van der Waals surface area contributed by atoms with Gasteiger partial charge in [0.25, 0.3) is 0 Å². The molecule has 2 fully saturated rings. The first-order chi connectivity index (χ1) is 14.6. The summed E-state index contributed by atoms with van der Waals surface area (Å²) in [5.74, 6) is -0.281. The average molecular weight is 410 g/mol. The van der Waals surface area contributed by atoms with Crippen LogP contribution in [0.3, 0.4) is 0 Å². The minimum atomic E-state index is -0.285. The van der Waals surface area contributed by atoms with E-state index in [1.165, 1.54) is 17.7 Å². The van der Waals surface area contributed by atoms with E-state index in [0.717, 1.165) is 30.4 Å². The molecule has 2 aromatic rings. The molecule has 5 nitrogen and oxygen atoms in total. The summed E-state index contributed by atoms with van der Waals surface area (Å²) in [7, 11) is 2.13. The SMILES string of the molecule is CN1C2COC[C@H]1CC(OC(=O)N1CCc3ccccc3[C@@H]1c1ccc(F)cc1)C2. The Kier molecular flexibility index (Phi) is 5.21. The summed E-state index contributed by atoms with van der Waals surface area (Å²) in [6.07, 6.45) is 2.00. The van der Waals surface area contributed by atoms with Crippen molar-refractivity contribution < 1.29 is 18.7 Å². The predicted molar refractivity (Wildman–Crippen MR) is 111 cm³/mol. The molecule has 2 aromatic carbocycles. The van der Waals surface area contributed by atoms with Crippen LogP contribution in [0.25, 0.3) is 0 Å². The van der Waals surface area contributed by atoms with Crippen LogP contribution in [-0.2, 0) is 15.9 Å². The number of carbonyl (C=O) groups excluding carboxylic acids is 1. The highest BCUT2D eigenvalue weighted by Crippen LogP contribution is 2.36. The van der Waals surface area contributed by atoms with Crippen LogP contribution in [0.4, 0.5) is 9.18 Å². The minimum absolute atomic E-state index is 0.0985. The number of hydrogen-bond acceptors (Lipinski definition) is 4. The fourth-order valence-electron chi connectivity index (χ4n) is 5.12. The zero-order valence-corrected chi connectivity index (χ0v) is 17.2. The monoisotopic (exact) mass is 410 g/mol. The van der Waals surface area contributed by atoms with Crippen molar-refractivity contribution in [2.24, 2.45) is 0 Å². The number of nitrogens with zero attached hydrogens (tertiary/aromatic N) is 2. The molecule has 3 aliphatic rings. The molecule has 0 aromatic heterocycles. The van der Waals surface area contributed by atoms with E-state index in [2.05, 4.69) is 24.1 Å². The normalized spacial score (nSPS) is 28.7. The van der Waals surface area contributed by atoms with E-state index >= 15 is 0 Å². The van der Waals surface area contributed by atoms with Gasteiger partial charge in [-0.25, -0.2) is 9.18 Å². The first-order valence-electron chi connectivity index (χ1n) is 10.7. The molecule has 30 heavy (non-hydrogen) atoms. The van der Waals surface area contributed by atoms with Gasteiger partial charge in [0.15, 0.2) is 0 Å². The molecule has 0 spiro atoms. The van der Waals surface area contributed by atoms with Crippen molar-refractivity contribution in [1.82, 2.24) is 9.80 Å². The number of carbonyl (C=O) groups is 1. The Balaban J connectivity index is 1.39. The summed E-state index contributed by atoms with van der Waals surface area (Å²) < 4.78 is 25.3. The number of rotatable bonds is 2. The molecule has 4 atom stereocenters. The summed E-state index contributed by atoms with van der Waals surface area (Å²) in [6.45, 7) is 1.97. The van der Waals surface area contributed by atoms with Gasteiger partial charge in [-0.2, -0.15) is 0 Å². The van der Waals surface area contributed by atoms with E-state index in [-0.39, 0.29) is 24.1 Å². The van der Waals surface area contributed by atoms with E-state index < -0.39 is 0 Å². The lowest BCUT2D eigenvalue weighted by molar-refractivity contribution is -0.0981. The van der Waals surface area contributed by atoms with Crippen LogP contribution in [-0.4, -0.2) is 60.9 Å². The lowest BCUT2D eigenvalue weighted by Gasteiger charge is -2.46. The van der Waals surface area contributed by atoms with Crippen LogP contribution in [0.1, 0.15) is 35.6 Å². The zero-order chi connectivity index (χ0) is 20.7. The molecule has 1 amide bonds. The highest BCUT2D eigenvalue weighted by molar-refractivity contribution is 5.70. The molecule has 2 saturated heterocycles. The summed E-state index contributed by atoms with van der Waals surface area (Å²) in [5.41, 5.74) is 3.21. The average Bonchev–Trinajstić information content (AvgIpc) is 2.74. The first-order valence-corrected chi connectivity index (χ1v) is 10.7. The van der Waals surface area contributed by atoms with Crippen molar-refractivity contribution in [3.8, 4) is 0 Å². The largest absolute Gasteiger partial charge is 0.446 e. The van der Waals surface area contributed by atoms with Crippen LogP contribution in [0, 0.1) is 5.82 Å². The molecule has 0 saturated carbocycles. The van der Waals surface area contributed by atoms with Gasteiger partial charge >= 0.3 is 6.09 Å². The van der Waals surface area contributed by atoms with Gasteiger partial charge in [-0.3, -0.25) is 9.80 Å². The summed E-state index contributed by atoms with van der Waals surface area (Å²) in [4.78, 5) is 17.5. The van der Waals surface area contributed by atoms with Crippen LogP contribution in [0.5, 0.6) is 0 Å². The second-order valence-corrected chi connectivity index (χ2v) is 8.58. The summed E-state index contributed by atoms with van der Waals surface area (Å²) in [5, 5.41) is 0. The number of likely N-dealkylation sites (N-methyl/N-ethyl adjacent to an activating group) is 1. The quantitative estimate of drug-likeness (QED) is 0.756. The fraction of sp³-hybridized carbons (Fsp3) is 0.458. The summed E-state index contributed by atoms with van der Waals surface area (Å²) in [6, 6.07) is 14.9. The van der Waals surface area contributed by atoms with Gasteiger partial charge in [0.05, 0.1) is 19.3 Å². The van der Waals surface area contributed by atoms with Crippen molar-refractivity contribution >= 4 is 6.09 Å². The Morgan fingerprint density at radius 1 is 1.07 bits per heavy atom. The number of fused-ring (bicyclic) bond motifs is 3. The maximum absolute atomic E-state index is 13.5. The van der Waals surface area contributed by atoms with Crippen molar-refractivity contribution in [2.75, 3.05) is 26.8 Å². The van der Waals surface area contributed by atoms with Gasteiger partial charge in [-0.15, -0.1) is 0 Å². The molecule has 6 heteroatoms. The Hall–Kier alpha value is -2.44. The lowest BCUT2D eigenvalue weighted by Crippen LogP contribution is -2.57. The fourth-order valence-corrected chi connectivity index (χ4v) is 5.12. The third kappa shape index (κ3) is 3.59. The molecule has 2 unspecified atom stereocenters. The first kappa shape index (κ1) is 19.5. The Bertz CT molecular complexity index is 905. The predicted octanol–water partition coefficient (Wildman–Crippen LogP) is 3.77. The topological polar surface area (TPSA) is 42.0 Å². The van der Waals surface area contributed by atoms with Gasteiger partial charge in [-0.1, -0.05) is 36.4 Å². The van der Waals surface area contributed by atoms with Crippen LogP contribution < -0.4 is 0 Å². The van der Waals surface area contributed by atoms with Crippen LogP contribution in [0.2, 0.25) is 0 Å². The zero-order valence-electron chi connectivity index (χ0n) is 17.2. The maximum atomic E-state index is 13.5. The Labute approximate surface area is 176 Å². The number of benzene rings is 2. The minimum Gasteiger partial charge on any atom is -0.446 e. The van der Waals surface area contributed by atoms with Crippen molar-refractivity contribution in [1.29, 1.82) is 0 Å². The van der Waals surface area contributed by atoms with E-state index in [1.54, 1.807) is 17.0 Å². The van der Waals surface area contributed by atoms with E-state index in [4.69, 9.17) is 9.47 Å². The molecule has 3 aliphatic heterocycles. The van der Waals surface area contributed by atoms with Gasteiger partial charge in [0.2, 0.25) is 0 Å². The Morgan fingerprint density at radius 3 is 2.50 bits per heavy atom. The second kappa shape index (κ2) is 8.00. The molecule has 0 N–H and O–H groups in total. The molecular weight excluding hydrogens is 383 g/mol. The number of amides is 1. The third-order valence-electron chi connectivity index (χ3n) is 6.81. The molecule has 3 heterocycles. The van der Waals surface area contributed by atoms with Crippen LogP contribution in [0.15, 0.2) is 48.5 Å². The van der Waals surface area contributed by atoms with E-state index in [1.807, 2.05) is 12.1 Å². The highest BCUT2D eigenvalue weighted by Gasteiger charge is 2.40. The van der Waals surface area contributed by atoms with E-state index in [0.29, 0.717) is 31.8 Å².